The van der Waals surface area contributed by atoms with Crippen molar-refractivity contribution in [2.75, 3.05) is 7.11 Å². The molecule has 2 saturated carbocycles. The zero-order valence-corrected chi connectivity index (χ0v) is 15.1. The van der Waals surface area contributed by atoms with Gasteiger partial charge in [0.2, 0.25) is 0 Å². The predicted molar refractivity (Wildman–Crippen MR) is 94.0 cm³/mol. The van der Waals surface area contributed by atoms with Crippen LogP contribution >= 0.6 is 23.2 Å². The molecule has 2 aliphatic carbocycles. The number of rotatable bonds is 3. The molecule has 1 nitrogen and oxygen atoms in total. The van der Waals surface area contributed by atoms with Crippen LogP contribution in [-0.2, 0) is 10.2 Å². The summed E-state index contributed by atoms with van der Waals surface area (Å²) >= 11 is 12.5. The summed E-state index contributed by atoms with van der Waals surface area (Å²) in [7, 11) is 1.85. The number of methoxy groups -OCH3 is 1. The normalized spacial score (nSPS) is 33.3. The number of hydrogen-bond donors (Lipinski definition) is 0. The van der Waals surface area contributed by atoms with Gasteiger partial charge in [-0.1, -0.05) is 42.1 Å². The Hall–Kier alpha value is -0.240. The van der Waals surface area contributed by atoms with Gasteiger partial charge >= 0.3 is 0 Å². The lowest BCUT2D eigenvalue weighted by atomic mass is 9.59. The van der Waals surface area contributed by atoms with Crippen molar-refractivity contribution in [2.24, 2.45) is 5.92 Å². The number of hydrogen-bond acceptors (Lipinski definition) is 1. The van der Waals surface area contributed by atoms with E-state index in [0.29, 0.717) is 10.0 Å². The van der Waals surface area contributed by atoms with Gasteiger partial charge in [-0.15, -0.1) is 0 Å². The van der Waals surface area contributed by atoms with Crippen molar-refractivity contribution >= 4 is 23.2 Å². The first-order valence-electron chi connectivity index (χ1n) is 8.50. The molecule has 0 N–H and O–H groups in total. The highest BCUT2D eigenvalue weighted by molar-refractivity contribution is 6.42. The molecule has 0 amide bonds. The molecule has 0 atom stereocenters. The van der Waals surface area contributed by atoms with Gasteiger partial charge in [0, 0.05) is 7.11 Å². The summed E-state index contributed by atoms with van der Waals surface area (Å²) in [4.78, 5) is 0. The minimum atomic E-state index is 0.0400. The maximum atomic E-state index is 6.33. The van der Waals surface area contributed by atoms with E-state index in [9.17, 15) is 0 Å². The molecule has 0 radical (unpaired) electrons. The molecular weight excluding hydrogens is 315 g/mol. The fourth-order valence-electron chi connectivity index (χ4n) is 4.65. The first-order chi connectivity index (χ1) is 10.5. The Bertz CT molecular complexity index is 526. The fraction of sp³-hybridized carbons (Fsp3) is 0.684. The lowest BCUT2D eigenvalue weighted by molar-refractivity contribution is -0.0475. The van der Waals surface area contributed by atoms with Crippen LogP contribution in [-0.4, -0.2) is 12.7 Å². The minimum Gasteiger partial charge on any atom is -0.379 e. The zero-order valence-electron chi connectivity index (χ0n) is 13.6. The molecule has 0 aliphatic heterocycles. The Balaban J connectivity index is 1.95. The molecule has 1 aromatic carbocycles. The second-order valence-electron chi connectivity index (χ2n) is 7.42. The van der Waals surface area contributed by atoms with E-state index in [-0.39, 0.29) is 11.0 Å². The van der Waals surface area contributed by atoms with Crippen LogP contribution in [0.2, 0.25) is 10.0 Å². The van der Waals surface area contributed by atoms with Crippen molar-refractivity contribution in [1.82, 2.24) is 0 Å². The topological polar surface area (TPSA) is 9.23 Å². The smallest absolute Gasteiger partial charge is 0.0651 e. The van der Waals surface area contributed by atoms with Gasteiger partial charge in [0.05, 0.1) is 15.6 Å². The Morgan fingerprint density at radius 2 is 1.64 bits per heavy atom. The SMILES string of the molecule is CO[C@]1(C)CC[C@](c2ccc(Cl)c(Cl)c2)(C2CCCC2)CC1. The van der Waals surface area contributed by atoms with Crippen LogP contribution in [0.3, 0.4) is 0 Å². The van der Waals surface area contributed by atoms with Crippen LogP contribution in [0.4, 0.5) is 0 Å². The Kier molecular flexibility index (Phi) is 4.79. The Labute approximate surface area is 144 Å². The monoisotopic (exact) mass is 340 g/mol. The number of benzene rings is 1. The number of halogens is 2. The van der Waals surface area contributed by atoms with Crippen molar-refractivity contribution in [3.05, 3.63) is 33.8 Å². The molecule has 0 aromatic heterocycles. The van der Waals surface area contributed by atoms with Crippen LogP contribution < -0.4 is 0 Å². The molecule has 122 valence electrons. The lowest BCUT2D eigenvalue weighted by Gasteiger charge is -2.48. The van der Waals surface area contributed by atoms with Gasteiger partial charge < -0.3 is 4.74 Å². The van der Waals surface area contributed by atoms with Crippen LogP contribution in [0.5, 0.6) is 0 Å². The van der Waals surface area contributed by atoms with Crippen LogP contribution in [0.25, 0.3) is 0 Å². The van der Waals surface area contributed by atoms with Gasteiger partial charge in [-0.25, -0.2) is 0 Å². The molecule has 22 heavy (non-hydrogen) atoms. The van der Waals surface area contributed by atoms with E-state index >= 15 is 0 Å². The third kappa shape index (κ3) is 2.92. The first-order valence-corrected chi connectivity index (χ1v) is 9.25. The Morgan fingerprint density at radius 1 is 1.00 bits per heavy atom. The molecule has 0 saturated heterocycles. The van der Waals surface area contributed by atoms with Gasteiger partial charge in [-0.2, -0.15) is 0 Å². The molecule has 3 rings (SSSR count). The van der Waals surface area contributed by atoms with Crippen molar-refractivity contribution < 1.29 is 4.74 Å². The highest BCUT2D eigenvalue weighted by Gasteiger charge is 2.47. The molecule has 0 unspecified atom stereocenters. The largest absolute Gasteiger partial charge is 0.379 e. The summed E-state index contributed by atoms with van der Waals surface area (Å²) in [6.07, 6.45) is 10.1. The molecule has 0 spiro atoms. The van der Waals surface area contributed by atoms with Crippen LogP contribution in [0.1, 0.15) is 63.9 Å². The van der Waals surface area contributed by atoms with Gasteiger partial charge in [0.1, 0.15) is 0 Å². The maximum Gasteiger partial charge on any atom is 0.0651 e. The van der Waals surface area contributed by atoms with E-state index in [1.165, 1.54) is 44.1 Å². The van der Waals surface area contributed by atoms with Gasteiger partial charge in [-0.05, 0) is 74.5 Å². The molecule has 2 aliphatic rings. The zero-order chi connectivity index (χ0) is 15.8. The van der Waals surface area contributed by atoms with E-state index in [2.05, 4.69) is 19.1 Å². The van der Waals surface area contributed by atoms with Crippen molar-refractivity contribution in [1.29, 1.82) is 0 Å². The van der Waals surface area contributed by atoms with E-state index in [4.69, 9.17) is 27.9 Å². The summed E-state index contributed by atoms with van der Waals surface area (Å²) in [6.45, 7) is 2.25. The molecule has 0 heterocycles. The van der Waals surface area contributed by atoms with Crippen LogP contribution in [0, 0.1) is 5.92 Å². The van der Waals surface area contributed by atoms with Crippen molar-refractivity contribution in [3.8, 4) is 0 Å². The summed E-state index contributed by atoms with van der Waals surface area (Å²) in [6, 6.07) is 6.31. The van der Waals surface area contributed by atoms with Crippen LogP contribution in [0.15, 0.2) is 18.2 Å². The second kappa shape index (κ2) is 6.34. The molecule has 2 fully saturated rings. The van der Waals surface area contributed by atoms with Crippen molar-refractivity contribution in [3.63, 3.8) is 0 Å². The summed E-state index contributed by atoms with van der Waals surface area (Å²) in [5.41, 5.74) is 1.70. The first kappa shape index (κ1) is 16.6. The summed E-state index contributed by atoms with van der Waals surface area (Å²) in [5, 5.41) is 1.35. The number of ether oxygens (including phenoxy) is 1. The molecule has 1 aromatic rings. The van der Waals surface area contributed by atoms with E-state index in [0.717, 1.165) is 18.8 Å². The van der Waals surface area contributed by atoms with Gasteiger partial charge in [-0.3, -0.25) is 0 Å². The third-order valence-corrected chi connectivity index (χ3v) is 7.06. The third-order valence-electron chi connectivity index (χ3n) is 6.32. The Morgan fingerprint density at radius 3 is 2.18 bits per heavy atom. The highest BCUT2D eigenvalue weighted by Crippen LogP contribution is 2.53. The summed E-state index contributed by atoms with van der Waals surface area (Å²) < 4.78 is 5.77. The maximum absolute atomic E-state index is 6.33. The standard InChI is InChI=1S/C19H26Cl2O/c1-18(22-2)9-11-19(12-10-18,14-5-3-4-6-14)15-7-8-16(20)17(21)13-15/h7-8,13-14H,3-6,9-12H2,1-2H3/t18-,19-. The van der Waals surface area contributed by atoms with Crippen molar-refractivity contribution in [2.45, 2.75) is 69.3 Å². The molecular formula is C19H26Cl2O. The second-order valence-corrected chi connectivity index (χ2v) is 8.23. The average Bonchev–Trinajstić information content (AvgIpc) is 3.06. The predicted octanol–water partition coefficient (Wildman–Crippen LogP) is 6.40. The minimum absolute atomic E-state index is 0.0400. The van der Waals surface area contributed by atoms with E-state index in [1.54, 1.807) is 0 Å². The van der Waals surface area contributed by atoms with E-state index < -0.39 is 0 Å². The summed E-state index contributed by atoms with van der Waals surface area (Å²) in [5.74, 6) is 0.783. The lowest BCUT2D eigenvalue weighted by Crippen LogP contribution is -2.44. The quantitative estimate of drug-likeness (QED) is 0.618. The van der Waals surface area contributed by atoms with Gasteiger partial charge in [0.15, 0.2) is 0 Å². The fourth-order valence-corrected chi connectivity index (χ4v) is 4.94. The van der Waals surface area contributed by atoms with Gasteiger partial charge in [0.25, 0.3) is 0 Å². The molecule has 0 bridgehead atoms. The highest BCUT2D eigenvalue weighted by atomic mass is 35.5. The van der Waals surface area contributed by atoms with E-state index in [1.807, 2.05) is 13.2 Å². The molecule has 3 heteroatoms. The average molecular weight is 341 g/mol.